The Balaban J connectivity index is 3.29. The summed E-state index contributed by atoms with van der Waals surface area (Å²) in [5.41, 5.74) is 6.50. The van der Waals surface area contributed by atoms with E-state index in [0.717, 1.165) is 0 Å². The number of halogens is 1. The highest BCUT2D eigenvalue weighted by molar-refractivity contribution is 7.89. The molecule has 0 bridgehead atoms. The molecule has 1 aromatic carbocycles. The van der Waals surface area contributed by atoms with E-state index in [9.17, 15) is 8.42 Å². The molecule has 0 saturated heterocycles. The normalized spacial score (nSPS) is 12.3. The molecule has 0 aliphatic rings. The lowest BCUT2D eigenvalue weighted by Gasteiger charge is -2.26. The maximum atomic E-state index is 12.7. The number of nitrogens with zero attached hydrogens (tertiary/aromatic N) is 1. The molecule has 0 unspecified atom stereocenters. The summed E-state index contributed by atoms with van der Waals surface area (Å²) in [7, 11) is -3.66. The highest BCUT2D eigenvalue weighted by atomic mass is 35.5. The summed E-state index contributed by atoms with van der Waals surface area (Å²) in [5, 5.41) is 9.25. The van der Waals surface area contributed by atoms with Gasteiger partial charge in [-0.05, 0) is 44.9 Å². The Morgan fingerprint density at radius 1 is 1.40 bits per heavy atom. The predicted molar refractivity (Wildman–Crippen MR) is 81.3 cm³/mol. The molecule has 3 N–H and O–H groups in total. The maximum Gasteiger partial charge on any atom is 0.243 e. The lowest BCUT2D eigenvalue weighted by Crippen LogP contribution is -2.38. The number of aliphatic hydroxyl groups is 1. The van der Waals surface area contributed by atoms with Crippen molar-refractivity contribution in [2.45, 2.75) is 38.1 Å². The molecule has 0 saturated carbocycles. The van der Waals surface area contributed by atoms with E-state index in [2.05, 4.69) is 0 Å². The van der Waals surface area contributed by atoms with Crippen LogP contribution in [0.3, 0.4) is 0 Å². The molecule has 0 amide bonds. The summed E-state index contributed by atoms with van der Waals surface area (Å²) in [5.74, 6) is 0. The quantitative estimate of drug-likeness (QED) is 0.785. The van der Waals surface area contributed by atoms with Gasteiger partial charge in [0.1, 0.15) is 0 Å². The third kappa shape index (κ3) is 3.63. The second kappa shape index (κ2) is 6.76. The van der Waals surface area contributed by atoms with Gasteiger partial charge in [-0.3, -0.25) is 0 Å². The van der Waals surface area contributed by atoms with Crippen LogP contribution in [0.4, 0.5) is 5.69 Å². The Hall–Kier alpha value is -0.820. The Labute approximate surface area is 125 Å². The van der Waals surface area contributed by atoms with Crippen LogP contribution >= 0.6 is 11.6 Å². The van der Waals surface area contributed by atoms with Crippen molar-refractivity contribution in [3.05, 3.63) is 22.7 Å². The van der Waals surface area contributed by atoms with E-state index in [0.29, 0.717) is 17.0 Å². The fourth-order valence-corrected chi connectivity index (χ4v) is 4.09. The van der Waals surface area contributed by atoms with E-state index >= 15 is 0 Å². The lowest BCUT2D eigenvalue weighted by molar-refractivity contribution is 0.258. The van der Waals surface area contributed by atoms with Gasteiger partial charge in [-0.2, -0.15) is 4.31 Å². The zero-order valence-electron chi connectivity index (χ0n) is 11.9. The van der Waals surface area contributed by atoms with Crippen LogP contribution in [0.25, 0.3) is 0 Å². The van der Waals surface area contributed by atoms with Crippen molar-refractivity contribution < 1.29 is 13.5 Å². The van der Waals surface area contributed by atoms with Gasteiger partial charge in [0.25, 0.3) is 0 Å². The largest absolute Gasteiger partial charge is 0.397 e. The summed E-state index contributed by atoms with van der Waals surface area (Å²) in [6, 6.07) is 2.73. The Bertz CT molecular complexity index is 573. The van der Waals surface area contributed by atoms with Gasteiger partial charge in [-0.25, -0.2) is 8.42 Å². The number of anilines is 1. The molecule has 1 rings (SSSR count). The molecule has 0 aliphatic heterocycles. The van der Waals surface area contributed by atoms with Crippen molar-refractivity contribution in [3.8, 4) is 0 Å². The Morgan fingerprint density at radius 2 is 2.00 bits per heavy atom. The molecule has 114 valence electrons. The van der Waals surface area contributed by atoms with Crippen molar-refractivity contribution in [1.29, 1.82) is 0 Å². The first-order valence-electron chi connectivity index (χ1n) is 6.40. The topological polar surface area (TPSA) is 83.6 Å². The molecule has 20 heavy (non-hydrogen) atoms. The Morgan fingerprint density at radius 3 is 2.50 bits per heavy atom. The lowest BCUT2D eigenvalue weighted by atomic mass is 10.2. The van der Waals surface area contributed by atoms with Crippen molar-refractivity contribution in [1.82, 2.24) is 4.31 Å². The van der Waals surface area contributed by atoms with E-state index in [1.165, 1.54) is 10.4 Å². The number of sulfonamides is 1. The fourth-order valence-electron chi connectivity index (χ4n) is 1.96. The predicted octanol–water partition coefficient (Wildman–Crippen LogP) is 2.01. The first-order chi connectivity index (χ1) is 9.21. The van der Waals surface area contributed by atoms with Gasteiger partial charge in [-0.15, -0.1) is 0 Å². The highest BCUT2D eigenvalue weighted by Gasteiger charge is 2.28. The first-order valence-corrected chi connectivity index (χ1v) is 8.22. The maximum absolute atomic E-state index is 12.7. The second-order valence-corrected chi connectivity index (χ2v) is 7.19. The van der Waals surface area contributed by atoms with Gasteiger partial charge < -0.3 is 10.8 Å². The van der Waals surface area contributed by atoms with Crippen LogP contribution in [-0.2, 0) is 10.0 Å². The first kappa shape index (κ1) is 17.2. The fraction of sp³-hybridized carbons (Fsp3) is 0.538. The number of aliphatic hydroxyl groups excluding tert-OH is 1. The SMILES string of the molecule is Cc1cc(Cl)c(N)cc1S(=O)(=O)N(CCCO)C(C)C. The minimum Gasteiger partial charge on any atom is -0.397 e. The van der Waals surface area contributed by atoms with Crippen LogP contribution in [0.15, 0.2) is 17.0 Å². The average molecular weight is 321 g/mol. The average Bonchev–Trinajstić information content (AvgIpc) is 2.33. The van der Waals surface area contributed by atoms with Crippen LogP contribution in [0.5, 0.6) is 0 Å². The van der Waals surface area contributed by atoms with Gasteiger partial charge >= 0.3 is 0 Å². The van der Waals surface area contributed by atoms with Crippen molar-refractivity contribution >= 4 is 27.3 Å². The molecule has 1 aromatic rings. The number of hydrogen-bond acceptors (Lipinski definition) is 4. The number of nitrogen functional groups attached to an aromatic ring is 1. The minimum atomic E-state index is -3.66. The zero-order chi connectivity index (χ0) is 15.5. The van der Waals surface area contributed by atoms with Crippen LogP contribution < -0.4 is 5.73 Å². The molecule has 7 heteroatoms. The van der Waals surface area contributed by atoms with Gasteiger partial charge in [0.15, 0.2) is 0 Å². The van der Waals surface area contributed by atoms with Crippen molar-refractivity contribution in [3.63, 3.8) is 0 Å². The van der Waals surface area contributed by atoms with Crippen LogP contribution in [0.2, 0.25) is 5.02 Å². The summed E-state index contributed by atoms with van der Waals surface area (Å²) in [4.78, 5) is 0.158. The molecule has 0 radical (unpaired) electrons. The second-order valence-electron chi connectivity index (χ2n) is 4.93. The van der Waals surface area contributed by atoms with Crippen LogP contribution in [-0.4, -0.2) is 37.0 Å². The monoisotopic (exact) mass is 320 g/mol. The number of benzene rings is 1. The van der Waals surface area contributed by atoms with E-state index in [-0.39, 0.29) is 29.8 Å². The third-order valence-corrected chi connectivity index (χ3v) is 5.54. The number of aryl methyl sites for hydroxylation is 1. The number of hydrogen-bond donors (Lipinski definition) is 2. The van der Waals surface area contributed by atoms with E-state index in [1.54, 1.807) is 26.8 Å². The zero-order valence-corrected chi connectivity index (χ0v) is 13.5. The molecule has 0 aromatic heterocycles. The summed E-state index contributed by atoms with van der Waals surface area (Å²) < 4.78 is 26.8. The van der Waals surface area contributed by atoms with Gasteiger partial charge in [0.2, 0.25) is 10.0 Å². The Kier molecular flexibility index (Phi) is 5.82. The van der Waals surface area contributed by atoms with Gasteiger partial charge in [-0.1, -0.05) is 11.6 Å². The van der Waals surface area contributed by atoms with Crippen LogP contribution in [0, 0.1) is 6.92 Å². The van der Waals surface area contributed by atoms with E-state index in [1.807, 2.05) is 0 Å². The summed E-state index contributed by atoms with van der Waals surface area (Å²) in [6.45, 7) is 5.48. The van der Waals surface area contributed by atoms with Crippen molar-refractivity contribution in [2.75, 3.05) is 18.9 Å². The van der Waals surface area contributed by atoms with E-state index < -0.39 is 10.0 Å². The molecule has 0 fully saturated rings. The summed E-state index contributed by atoms with van der Waals surface area (Å²) >= 11 is 5.90. The summed E-state index contributed by atoms with van der Waals surface area (Å²) in [6.07, 6.45) is 0.388. The smallest absolute Gasteiger partial charge is 0.243 e. The standard InChI is InChI=1S/C13H21ClN2O3S/c1-9(2)16(5-4-6-17)20(18,19)13-8-12(15)11(14)7-10(13)3/h7-9,17H,4-6,15H2,1-3H3. The molecular formula is C13H21ClN2O3S. The van der Waals surface area contributed by atoms with Crippen molar-refractivity contribution in [2.24, 2.45) is 0 Å². The minimum absolute atomic E-state index is 0.0551. The number of nitrogens with two attached hydrogens (primary N) is 1. The molecule has 0 spiro atoms. The third-order valence-electron chi connectivity index (χ3n) is 2.99. The van der Waals surface area contributed by atoms with E-state index in [4.69, 9.17) is 22.4 Å². The highest BCUT2D eigenvalue weighted by Crippen LogP contribution is 2.29. The molecule has 0 atom stereocenters. The molecule has 0 aliphatic carbocycles. The molecular weight excluding hydrogens is 300 g/mol. The molecule has 5 nitrogen and oxygen atoms in total. The van der Waals surface area contributed by atoms with Gasteiger partial charge in [0.05, 0.1) is 15.6 Å². The van der Waals surface area contributed by atoms with Gasteiger partial charge in [0, 0.05) is 19.2 Å². The molecule has 0 heterocycles. The number of rotatable bonds is 6. The van der Waals surface area contributed by atoms with Crippen LogP contribution in [0.1, 0.15) is 25.8 Å².